The van der Waals surface area contributed by atoms with E-state index >= 15 is 0 Å². The topological polar surface area (TPSA) is 90.0 Å². The number of carbonyl (C=O) groups excluding carboxylic acids is 2. The molecule has 154 valence electrons. The highest BCUT2D eigenvalue weighted by molar-refractivity contribution is 7.99. The first-order valence-electron chi connectivity index (χ1n) is 8.58. The molecule has 2 aromatic heterocycles. The Morgan fingerprint density at radius 2 is 2.07 bits per heavy atom. The third kappa shape index (κ3) is 4.73. The average molecular weight is 442 g/mol. The minimum absolute atomic E-state index is 0.0186. The van der Waals surface area contributed by atoms with Crippen molar-refractivity contribution in [3.05, 3.63) is 40.8 Å². The largest absolute Gasteiger partial charge is 0.416 e. The zero-order valence-electron chi connectivity index (χ0n) is 15.2. The number of aryl methyl sites for hydroxylation is 1. The highest BCUT2D eigenvalue weighted by atomic mass is 32.2. The van der Waals surface area contributed by atoms with Gasteiger partial charge in [-0.1, -0.05) is 18.7 Å². The van der Waals surface area contributed by atoms with E-state index in [1.807, 2.05) is 6.92 Å². The van der Waals surface area contributed by atoms with E-state index in [-0.39, 0.29) is 17.2 Å². The van der Waals surface area contributed by atoms with Crippen LogP contribution in [0.25, 0.3) is 11.0 Å². The van der Waals surface area contributed by atoms with Gasteiger partial charge in [-0.15, -0.1) is 11.3 Å². The summed E-state index contributed by atoms with van der Waals surface area (Å²) in [6, 6.07) is 4.93. The highest BCUT2D eigenvalue weighted by Crippen LogP contribution is 2.33. The summed E-state index contributed by atoms with van der Waals surface area (Å²) in [5.74, 6) is -1.03. The molecule has 3 rings (SSSR count). The summed E-state index contributed by atoms with van der Waals surface area (Å²) in [5.41, 5.74) is 5.55. The van der Waals surface area contributed by atoms with Crippen LogP contribution in [0.5, 0.6) is 0 Å². The molecule has 3 aromatic rings. The summed E-state index contributed by atoms with van der Waals surface area (Å²) in [7, 11) is 0. The highest BCUT2D eigenvalue weighted by Gasteiger charge is 2.31. The Hall–Kier alpha value is -2.53. The molecule has 0 atom stereocenters. The lowest BCUT2D eigenvalue weighted by molar-refractivity contribution is -0.137. The predicted octanol–water partition coefficient (Wildman–Crippen LogP) is 4.36. The van der Waals surface area contributed by atoms with Gasteiger partial charge in [0.2, 0.25) is 5.91 Å². The fourth-order valence-electron chi connectivity index (χ4n) is 2.72. The number of rotatable bonds is 7. The Balaban J connectivity index is 1.80. The van der Waals surface area contributed by atoms with E-state index < -0.39 is 17.6 Å². The Morgan fingerprint density at radius 3 is 2.72 bits per heavy atom. The Labute approximate surface area is 172 Å². The smallest absolute Gasteiger partial charge is 0.366 e. The van der Waals surface area contributed by atoms with Gasteiger partial charge in [-0.05, 0) is 36.1 Å². The molecule has 0 bridgehead atoms. The van der Waals surface area contributed by atoms with Crippen LogP contribution in [0.15, 0.2) is 34.8 Å². The fraction of sp³-hybridized carbons (Fsp3) is 0.278. The standard InChI is InChI=1S/C18H17F3N4O2S2/c1-2-6-25-13-8-10(18(19,20)21)3-4-12(13)23-17(25)29-9-14(26)24-16-11(15(22)27)5-7-28-16/h3-5,7-8H,2,6,9H2,1H3,(H2,22,27)(H,24,26). The van der Waals surface area contributed by atoms with Crippen molar-refractivity contribution in [3.8, 4) is 0 Å². The predicted molar refractivity (Wildman–Crippen MR) is 107 cm³/mol. The molecule has 1 aromatic carbocycles. The van der Waals surface area contributed by atoms with E-state index in [1.54, 1.807) is 9.95 Å². The van der Waals surface area contributed by atoms with Crippen molar-refractivity contribution in [2.45, 2.75) is 31.2 Å². The summed E-state index contributed by atoms with van der Waals surface area (Å²) in [5, 5.41) is 5.09. The monoisotopic (exact) mass is 442 g/mol. The van der Waals surface area contributed by atoms with Crippen molar-refractivity contribution in [1.82, 2.24) is 9.55 Å². The van der Waals surface area contributed by atoms with Gasteiger partial charge in [0, 0.05) is 6.54 Å². The minimum atomic E-state index is -4.44. The van der Waals surface area contributed by atoms with E-state index in [9.17, 15) is 22.8 Å². The van der Waals surface area contributed by atoms with Gasteiger partial charge in [0.15, 0.2) is 5.16 Å². The molecule has 0 saturated carbocycles. The van der Waals surface area contributed by atoms with Gasteiger partial charge in [-0.25, -0.2) is 4.98 Å². The van der Waals surface area contributed by atoms with Crippen LogP contribution in [0, 0.1) is 0 Å². The quantitative estimate of drug-likeness (QED) is 0.532. The van der Waals surface area contributed by atoms with E-state index in [2.05, 4.69) is 10.3 Å². The molecule has 2 heterocycles. The van der Waals surface area contributed by atoms with Gasteiger partial charge in [0.05, 0.1) is 27.9 Å². The number of primary amides is 1. The Kier molecular flexibility index (Phi) is 6.18. The van der Waals surface area contributed by atoms with Gasteiger partial charge in [0.25, 0.3) is 5.91 Å². The van der Waals surface area contributed by atoms with Crippen molar-refractivity contribution in [2.75, 3.05) is 11.1 Å². The van der Waals surface area contributed by atoms with Gasteiger partial charge in [0.1, 0.15) is 5.00 Å². The van der Waals surface area contributed by atoms with Gasteiger partial charge in [-0.3, -0.25) is 9.59 Å². The van der Waals surface area contributed by atoms with E-state index in [1.165, 1.54) is 23.5 Å². The number of nitrogens with zero attached hydrogens (tertiary/aromatic N) is 2. The Morgan fingerprint density at radius 1 is 1.31 bits per heavy atom. The van der Waals surface area contributed by atoms with Crippen LogP contribution >= 0.6 is 23.1 Å². The van der Waals surface area contributed by atoms with Crippen LogP contribution in [0.4, 0.5) is 18.2 Å². The maximum Gasteiger partial charge on any atom is 0.416 e. The third-order valence-electron chi connectivity index (χ3n) is 4.00. The zero-order valence-corrected chi connectivity index (χ0v) is 16.9. The van der Waals surface area contributed by atoms with E-state index in [4.69, 9.17) is 5.73 Å². The number of alkyl halides is 3. The number of halogens is 3. The van der Waals surface area contributed by atoms with Crippen LogP contribution < -0.4 is 11.1 Å². The van der Waals surface area contributed by atoms with E-state index in [0.717, 1.165) is 23.9 Å². The second kappa shape index (κ2) is 8.46. The van der Waals surface area contributed by atoms with Gasteiger partial charge < -0.3 is 15.6 Å². The molecule has 29 heavy (non-hydrogen) atoms. The van der Waals surface area contributed by atoms with Crippen molar-refractivity contribution in [3.63, 3.8) is 0 Å². The number of amides is 2. The number of thioether (sulfide) groups is 1. The lowest BCUT2D eigenvalue weighted by atomic mass is 10.2. The molecule has 0 spiro atoms. The van der Waals surface area contributed by atoms with Gasteiger partial charge in [-0.2, -0.15) is 13.2 Å². The third-order valence-corrected chi connectivity index (χ3v) is 5.81. The lowest BCUT2D eigenvalue weighted by Crippen LogP contribution is -2.18. The Bertz CT molecular complexity index is 1060. The SMILES string of the molecule is CCCn1c(SCC(=O)Nc2sccc2C(N)=O)nc2ccc(C(F)(F)F)cc21. The van der Waals surface area contributed by atoms with Crippen LogP contribution in [-0.4, -0.2) is 27.1 Å². The number of hydrogen-bond acceptors (Lipinski definition) is 5. The molecule has 0 aliphatic rings. The van der Waals surface area contributed by atoms with Crippen molar-refractivity contribution in [2.24, 2.45) is 5.73 Å². The van der Waals surface area contributed by atoms with Crippen LogP contribution in [0.2, 0.25) is 0 Å². The number of nitrogens with one attached hydrogen (secondary N) is 1. The number of fused-ring (bicyclic) bond motifs is 1. The number of aromatic nitrogens is 2. The minimum Gasteiger partial charge on any atom is -0.366 e. The molecular formula is C18H17F3N4O2S2. The molecule has 0 saturated heterocycles. The van der Waals surface area contributed by atoms with Gasteiger partial charge >= 0.3 is 6.18 Å². The molecule has 0 aliphatic carbocycles. The molecule has 0 fully saturated rings. The molecule has 6 nitrogen and oxygen atoms in total. The molecule has 11 heteroatoms. The maximum atomic E-state index is 13.0. The van der Waals surface area contributed by atoms with Crippen LogP contribution in [-0.2, 0) is 17.5 Å². The number of thiophene rings is 1. The molecule has 0 unspecified atom stereocenters. The maximum absolute atomic E-state index is 13.0. The second-order valence-corrected chi connectivity index (χ2v) is 7.97. The number of benzene rings is 1. The van der Waals surface area contributed by atoms with Crippen molar-refractivity contribution >= 4 is 50.9 Å². The normalized spacial score (nSPS) is 11.7. The zero-order chi connectivity index (χ0) is 21.2. The second-order valence-electron chi connectivity index (χ2n) is 6.11. The molecule has 2 amide bonds. The first-order valence-corrected chi connectivity index (χ1v) is 10.4. The van der Waals surface area contributed by atoms with Crippen LogP contribution in [0.1, 0.15) is 29.3 Å². The van der Waals surface area contributed by atoms with Crippen molar-refractivity contribution < 1.29 is 22.8 Å². The molecule has 0 aliphatic heterocycles. The summed E-state index contributed by atoms with van der Waals surface area (Å²) in [6.45, 7) is 2.38. The average Bonchev–Trinajstić information content (AvgIpc) is 3.24. The first kappa shape index (κ1) is 21.2. The summed E-state index contributed by atoms with van der Waals surface area (Å²) in [6.07, 6.45) is -3.75. The van der Waals surface area contributed by atoms with E-state index in [0.29, 0.717) is 34.2 Å². The number of anilines is 1. The molecule has 0 radical (unpaired) electrons. The molecule has 3 N–H and O–H groups in total. The number of imidazole rings is 1. The molecular weight excluding hydrogens is 425 g/mol. The van der Waals surface area contributed by atoms with Crippen LogP contribution in [0.3, 0.4) is 0 Å². The summed E-state index contributed by atoms with van der Waals surface area (Å²) >= 11 is 2.29. The van der Waals surface area contributed by atoms with Crippen molar-refractivity contribution in [1.29, 1.82) is 0 Å². The summed E-state index contributed by atoms with van der Waals surface area (Å²) < 4.78 is 40.8. The fourth-order valence-corrected chi connectivity index (χ4v) is 4.37. The first-order chi connectivity index (χ1) is 13.7. The lowest BCUT2D eigenvalue weighted by Gasteiger charge is -2.09. The number of hydrogen-bond donors (Lipinski definition) is 2. The number of nitrogens with two attached hydrogens (primary N) is 1. The summed E-state index contributed by atoms with van der Waals surface area (Å²) in [4.78, 5) is 28.0. The number of carbonyl (C=O) groups is 2.